The summed E-state index contributed by atoms with van der Waals surface area (Å²) >= 11 is 0. The molecule has 0 saturated carbocycles. The second kappa shape index (κ2) is 13.4. The van der Waals surface area contributed by atoms with Crippen LogP contribution in [0.1, 0.15) is 23.1 Å². The van der Waals surface area contributed by atoms with Gasteiger partial charge in [0.05, 0.1) is 23.5 Å². The first-order chi connectivity index (χ1) is 20.0. The highest BCUT2D eigenvalue weighted by Gasteiger charge is 2.32. The molecule has 2 heterocycles. The molecule has 2 N–H and O–H groups in total. The van der Waals surface area contributed by atoms with Gasteiger partial charge in [0.25, 0.3) is 0 Å². The Morgan fingerprint density at radius 2 is 1.81 bits per heavy atom. The first kappa shape index (κ1) is 30.4. The van der Waals surface area contributed by atoms with Crippen LogP contribution in [0.4, 0.5) is 22.0 Å². The minimum absolute atomic E-state index is 0.0761. The molecule has 0 atom stereocenters. The Labute approximate surface area is 238 Å². The number of hydrogen-bond donors (Lipinski definition) is 2. The molecule has 42 heavy (non-hydrogen) atoms. The van der Waals surface area contributed by atoms with E-state index in [0.29, 0.717) is 29.9 Å². The second-order valence-corrected chi connectivity index (χ2v) is 9.49. The van der Waals surface area contributed by atoms with Gasteiger partial charge in [0.15, 0.2) is 0 Å². The number of allylic oxidation sites excluding steroid dienone is 1. The fourth-order valence-corrected chi connectivity index (χ4v) is 4.24. The zero-order valence-corrected chi connectivity index (χ0v) is 22.8. The standard InChI is InChI=1S/C30H28F5N5O2/c1-40(2)27(41)4-3-12-36-14-15-42-21-8-5-19(6-9-21)28(20-7-10-26-23(16-20)29(32)39-38-26)24(17-30(33,34)35)22-11-13-37-18-25(22)31/h3-11,13,16,18,36H,12,14-15,17H2,1-2H3,(H,38,39)/b4-3?,28-24+. The van der Waals surface area contributed by atoms with Crippen molar-refractivity contribution in [1.82, 2.24) is 25.4 Å². The number of halogens is 5. The van der Waals surface area contributed by atoms with Gasteiger partial charge in [-0.2, -0.15) is 17.6 Å². The summed E-state index contributed by atoms with van der Waals surface area (Å²) in [6.07, 6.45) is -0.890. The molecule has 0 bridgehead atoms. The summed E-state index contributed by atoms with van der Waals surface area (Å²) in [5.74, 6) is -1.39. The van der Waals surface area contributed by atoms with Crippen LogP contribution in [0.3, 0.4) is 0 Å². The lowest BCUT2D eigenvalue weighted by Crippen LogP contribution is -2.22. The van der Waals surface area contributed by atoms with Crippen LogP contribution in [-0.4, -0.2) is 66.0 Å². The van der Waals surface area contributed by atoms with Crippen molar-refractivity contribution in [3.05, 3.63) is 102 Å². The Morgan fingerprint density at radius 3 is 2.50 bits per heavy atom. The van der Waals surface area contributed by atoms with Crippen LogP contribution in [0, 0.1) is 11.8 Å². The smallest absolute Gasteiger partial charge is 0.393 e. The number of carbonyl (C=O) groups is 1. The van der Waals surface area contributed by atoms with Gasteiger partial charge in [0, 0.05) is 45.0 Å². The van der Waals surface area contributed by atoms with Crippen molar-refractivity contribution in [2.75, 3.05) is 33.8 Å². The summed E-state index contributed by atoms with van der Waals surface area (Å²) in [6, 6.07) is 11.9. The predicted molar refractivity (Wildman–Crippen MR) is 149 cm³/mol. The number of alkyl halides is 3. The summed E-state index contributed by atoms with van der Waals surface area (Å²) in [5.41, 5.74) is 0.432. The van der Waals surface area contributed by atoms with E-state index in [0.717, 1.165) is 6.20 Å². The Kier molecular flexibility index (Phi) is 9.68. The number of likely N-dealkylation sites (N-methyl/N-ethyl adjacent to an activating group) is 1. The highest BCUT2D eigenvalue weighted by atomic mass is 19.4. The molecule has 0 unspecified atom stereocenters. The molecule has 2 aromatic heterocycles. The van der Waals surface area contributed by atoms with Crippen LogP contribution in [0.2, 0.25) is 0 Å². The largest absolute Gasteiger partial charge is 0.492 e. The van der Waals surface area contributed by atoms with Gasteiger partial charge in [-0.25, -0.2) is 4.39 Å². The van der Waals surface area contributed by atoms with E-state index in [9.17, 15) is 26.7 Å². The normalized spacial score (nSPS) is 12.5. The van der Waals surface area contributed by atoms with Crippen molar-refractivity contribution in [3.8, 4) is 5.75 Å². The number of amides is 1. The number of aromatic amines is 1. The Balaban J connectivity index is 1.64. The van der Waals surface area contributed by atoms with E-state index in [1.165, 1.54) is 41.4 Å². The molecule has 0 aliphatic rings. The molecule has 7 nitrogen and oxygen atoms in total. The minimum Gasteiger partial charge on any atom is -0.492 e. The molecule has 4 aromatic rings. The number of rotatable bonds is 11. The zero-order chi connectivity index (χ0) is 30.3. The summed E-state index contributed by atoms with van der Waals surface area (Å²) in [7, 11) is 3.31. The maximum Gasteiger partial charge on any atom is 0.393 e. The number of pyridine rings is 1. The van der Waals surface area contributed by atoms with Crippen LogP contribution < -0.4 is 10.1 Å². The maximum absolute atomic E-state index is 14.9. The quantitative estimate of drug-likeness (QED) is 0.133. The number of H-pyrrole nitrogens is 1. The first-order valence-electron chi connectivity index (χ1n) is 12.9. The van der Waals surface area contributed by atoms with E-state index in [-0.39, 0.29) is 40.2 Å². The molecule has 0 radical (unpaired) electrons. The van der Waals surface area contributed by atoms with Crippen LogP contribution in [0.15, 0.2) is 73.1 Å². The molecule has 0 saturated heterocycles. The van der Waals surface area contributed by atoms with E-state index in [4.69, 9.17) is 4.74 Å². The van der Waals surface area contributed by atoms with Crippen LogP contribution in [0.25, 0.3) is 22.0 Å². The third-order valence-corrected chi connectivity index (χ3v) is 6.24. The highest BCUT2D eigenvalue weighted by Crippen LogP contribution is 2.41. The molecule has 0 fully saturated rings. The van der Waals surface area contributed by atoms with E-state index in [1.807, 2.05) is 0 Å². The van der Waals surface area contributed by atoms with Crippen LogP contribution in [-0.2, 0) is 4.79 Å². The van der Waals surface area contributed by atoms with E-state index in [2.05, 4.69) is 20.5 Å². The van der Waals surface area contributed by atoms with Crippen LogP contribution in [0.5, 0.6) is 5.75 Å². The van der Waals surface area contributed by atoms with Gasteiger partial charge < -0.3 is 15.0 Å². The SMILES string of the molecule is CN(C)C(=O)C=CCNCCOc1ccc(/C(=C(/CC(F)(F)F)c2ccncc2F)c2ccc3[nH]nc(F)c3c2)cc1. The summed E-state index contributed by atoms with van der Waals surface area (Å²) in [4.78, 5) is 16.7. The van der Waals surface area contributed by atoms with Gasteiger partial charge in [0.2, 0.25) is 11.9 Å². The molecule has 12 heteroatoms. The second-order valence-electron chi connectivity index (χ2n) is 9.49. The molecule has 4 rings (SSSR count). The van der Waals surface area contributed by atoms with Crippen molar-refractivity contribution >= 4 is 28.0 Å². The minimum atomic E-state index is -4.67. The lowest BCUT2D eigenvalue weighted by atomic mass is 9.87. The molecule has 220 valence electrons. The van der Waals surface area contributed by atoms with Crippen molar-refractivity contribution in [2.45, 2.75) is 12.6 Å². The van der Waals surface area contributed by atoms with E-state index < -0.39 is 24.4 Å². The summed E-state index contributed by atoms with van der Waals surface area (Å²) in [5, 5.41) is 9.23. The van der Waals surface area contributed by atoms with Crippen molar-refractivity contribution in [1.29, 1.82) is 0 Å². The summed E-state index contributed by atoms with van der Waals surface area (Å²) in [6.45, 7) is 1.22. The Bertz CT molecular complexity index is 1590. The van der Waals surface area contributed by atoms with Crippen LogP contribution >= 0.6 is 0 Å². The van der Waals surface area contributed by atoms with E-state index >= 15 is 0 Å². The molecule has 0 aliphatic carbocycles. The third kappa shape index (κ3) is 7.78. The first-order valence-corrected chi connectivity index (χ1v) is 12.9. The number of ether oxygens (including phenoxy) is 1. The summed E-state index contributed by atoms with van der Waals surface area (Å²) < 4.78 is 76.6. The lowest BCUT2D eigenvalue weighted by Gasteiger charge is -2.19. The molecular formula is C30H28F5N5O2. The molecule has 1 amide bonds. The molecular weight excluding hydrogens is 557 g/mol. The fourth-order valence-electron chi connectivity index (χ4n) is 4.24. The number of nitrogens with one attached hydrogen (secondary N) is 2. The van der Waals surface area contributed by atoms with Gasteiger partial charge in [-0.05, 0) is 52.6 Å². The molecule has 0 aliphatic heterocycles. The number of carbonyl (C=O) groups excluding carboxylic acids is 1. The fraction of sp³-hybridized carbons (Fsp3) is 0.233. The van der Waals surface area contributed by atoms with Crippen molar-refractivity contribution in [2.24, 2.45) is 0 Å². The van der Waals surface area contributed by atoms with Gasteiger partial charge in [-0.15, -0.1) is 5.10 Å². The number of hydrogen-bond acceptors (Lipinski definition) is 5. The monoisotopic (exact) mass is 585 g/mol. The number of fused-ring (bicyclic) bond motifs is 1. The van der Waals surface area contributed by atoms with E-state index in [1.54, 1.807) is 44.4 Å². The topological polar surface area (TPSA) is 83.1 Å². The van der Waals surface area contributed by atoms with Gasteiger partial charge >= 0.3 is 6.18 Å². The average Bonchev–Trinajstić information content (AvgIpc) is 3.32. The maximum atomic E-state index is 14.9. The molecule has 2 aromatic carbocycles. The van der Waals surface area contributed by atoms with Crippen molar-refractivity contribution < 1.29 is 31.5 Å². The highest BCUT2D eigenvalue weighted by molar-refractivity contribution is 6.00. The number of benzene rings is 2. The van der Waals surface area contributed by atoms with Gasteiger partial charge in [-0.3, -0.25) is 14.9 Å². The van der Waals surface area contributed by atoms with Gasteiger partial charge in [-0.1, -0.05) is 24.3 Å². The van der Waals surface area contributed by atoms with Crippen molar-refractivity contribution in [3.63, 3.8) is 0 Å². The third-order valence-electron chi connectivity index (χ3n) is 6.24. The Morgan fingerprint density at radius 1 is 1.07 bits per heavy atom. The van der Waals surface area contributed by atoms with Gasteiger partial charge in [0.1, 0.15) is 18.2 Å². The Hall–Kier alpha value is -4.58. The average molecular weight is 586 g/mol. The number of aromatic nitrogens is 3. The zero-order valence-electron chi connectivity index (χ0n) is 22.8. The lowest BCUT2D eigenvalue weighted by molar-refractivity contribution is -0.124. The predicted octanol–water partition coefficient (Wildman–Crippen LogP) is 5.76. The molecule has 0 spiro atoms. The number of nitrogens with zero attached hydrogens (tertiary/aromatic N) is 3.